The lowest BCUT2D eigenvalue weighted by Crippen LogP contribution is -2.46. The van der Waals surface area contributed by atoms with E-state index in [0.717, 1.165) is 50.7 Å². The van der Waals surface area contributed by atoms with E-state index in [2.05, 4.69) is 53.1 Å². The van der Waals surface area contributed by atoms with Crippen LogP contribution in [0.5, 0.6) is 0 Å². The summed E-state index contributed by atoms with van der Waals surface area (Å²) < 4.78 is 5.49. The summed E-state index contributed by atoms with van der Waals surface area (Å²) in [5.41, 5.74) is 1.09. The Morgan fingerprint density at radius 2 is 1.86 bits per heavy atom. The number of pyridine rings is 1. The SMILES string of the molecule is C[C@@H]1CN(c2ccc3ccccc3n2)C[C@@H]1N1CCOCC1. The molecule has 0 radical (unpaired) electrons. The molecule has 4 heteroatoms. The molecule has 4 rings (SSSR count). The van der Waals surface area contributed by atoms with Crippen LogP contribution in [0.2, 0.25) is 0 Å². The van der Waals surface area contributed by atoms with Gasteiger partial charge in [-0.2, -0.15) is 0 Å². The Morgan fingerprint density at radius 1 is 1.05 bits per heavy atom. The summed E-state index contributed by atoms with van der Waals surface area (Å²) in [6.45, 7) is 8.40. The summed E-state index contributed by atoms with van der Waals surface area (Å²) in [5.74, 6) is 1.78. The van der Waals surface area contributed by atoms with Gasteiger partial charge in [0, 0.05) is 37.6 Å². The third-order valence-electron chi connectivity index (χ3n) is 5.00. The van der Waals surface area contributed by atoms with Crippen LogP contribution in [0.4, 0.5) is 5.82 Å². The monoisotopic (exact) mass is 297 g/mol. The van der Waals surface area contributed by atoms with E-state index >= 15 is 0 Å². The highest BCUT2D eigenvalue weighted by Crippen LogP contribution is 2.27. The van der Waals surface area contributed by atoms with E-state index < -0.39 is 0 Å². The second kappa shape index (κ2) is 5.86. The van der Waals surface area contributed by atoms with Crippen molar-refractivity contribution in [1.82, 2.24) is 9.88 Å². The first-order valence-electron chi connectivity index (χ1n) is 8.24. The minimum absolute atomic E-state index is 0.622. The molecule has 1 aromatic heterocycles. The molecule has 0 saturated carbocycles. The van der Waals surface area contributed by atoms with Crippen molar-refractivity contribution in [3.63, 3.8) is 0 Å². The lowest BCUT2D eigenvalue weighted by molar-refractivity contribution is 0.0134. The average Bonchev–Trinajstić information content (AvgIpc) is 2.97. The highest BCUT2D eigenvalue weighted by atomic mass is 16.5. The van der Waals surface area contributed by atoms with Crippen molar-refractivity contribution in [2.24, 2.45) is 5.92 Å². The van der Waals surface area contributed by atoms with Gasteiger partial charge in [0.1, 0.15) is 5.82 Å². The van der Waals surface area contributed by atoms with E-state index in [0.29, 0.717) is 12.0 Å². The zero-order valence-electron chi connectivity index (χ0n) is 13.1. The van der Waals surface area contributed by atoms with Crippen molar-refractivity contribution in [3.8, 4) is 0 Å². The molecule has 0 bridgehead atoms. The first-order chi connectivity index (χ1) is 10.8. The molecule has 2 aliphatic heterocycles. The largest absolute Gasteiger partial charge is 0.379 e. The molecule has 2 aromatic rings. The number of fused-ring (bicyclic) bond motifs is 1. The number of ether oxygens (including phenoxy) is 1. The van der Waals surface area contributed by atoms with Crippen molar-refractivity contribution < 1.29 is 4.74 Å². The van der Waals surface area contributed by atoms with Crippen LogP contribution in [0, 0.1) is 5.92 Å². The first-order valence-corrected chi connectivity index (χ1v) is 8.24. The maximum absolute atomic E-state index is 5.49. The molecule has 0 unspecified atom stereocenters. The number of nitrogens with zero attached hydrogens (tertiary/aromatic N) is 3. The lowest BCUT2D eigenvalue weighted by atomic mass is 10.0. The highest BCUT2D eigenvalue weighted by Gasteiger charge is 2.35. The molecule has 4 nitrogen and oxygen atoms in total. The van der Waals surface area contributed by atoms with Gasteiger partial charge in [-0.05, 0) is 24.1 Å². The van der Waals surface area contributed by atoms with Crippen LogP contribution in [0.1, 0.15) is 6.92 Å². The Bertz CT molecular complexity index is 654. The smallest absolute Gasteiger partial charge is 0.129 e. The Hall–Kier alpha value is -1.65. The molecule has 2 atom stereocenters. The first kappa shape index (κ1) is 14.0. The number of morpholine rings is 1. The summed E-state index contributed by atoms with van der Waals surface area (Å²) in [6.07, 6.45) is 0. The maximum Gasteiger partial charge on any atom is 0.129 e. The van der Waals surface area contributed by atoms with E-state index in [1.165, 1.54) is 5.39 Å². The fourth-order valence-electron chi connectivity index (χ4n) is 3.75. The van der Waals surface area contributed by atoms with Crippen LogP contribution >= 0.6 is 0 Å². The molecule has 2 aliphatic rings. The number of para-hydroxylation sites is 1. The van der Waals surface area contributed by atoms with E-state index in [9.17, 15) is 0 Å². The Morgan fingerprint density at radius 3 is 2.73 bits per heavy atom. The van der Waals surface area contributed by atoms with Gasteiger partial charge in [0.25, 0.3) is 0 Å². The highest BCUT2D eigenvalue weighted by molar-refractivity contribution is 5.80. The standard InChI is InChI=1S/C18H23N3O/c1-14-12-21(13-17(14)20-8-10-22-11-9-20)18-7-6-15-4-2-3-5-16(15)19-18/h2-7,14,17H,8-13H2,1H3/t14-,17+/m1/s1. The number of anilines is 1. The third-order valence-corrected chi connectivity index (χ3v) is 5.00. The van der Waals surface area contributed by atoms with Gasteiger partial charge in [-0.1, -0.05) is 25.1 Å². The average molecular weight is 297 g/mol. The molecule has 0 spiro atoms. The third kappa shape index (κ3) is 2.57. The van der Waals surface area contributed by atoms with Crippen LogP contribution in [0.3, 0.4) is 0 Å². The molecule has 0 N–H and O–H groups in total. The van der Waals surface area contributed by atoms with Crippen molar-refractivity contribution in [2.45, 2.75) is 13.0 Å². The quantitative estimate of drug-likeness (QED) is 0.851. The van der Waals surface area contributed by atoms with Gasteiger partial charge < -0.3 is 9.64 Å². The normalized spacial score (nSPS) is 26.7. The minimum atomic E-state index is 0.622. The minimum Gasteiger partial charge on any atom is -0.379 e. The second-order valence-corrected chi connectivity index (χ2v) is 6.46. The van der Waals surface area contributed by atoms with Crippen LogP contribution < -0.4 is 4.90 Å². The van der Waals surface area contributed by atoms with E-state index in [1.807, 2.05) is 0 Å². The summed E-state index contributed by atoms with van der Waals surface area (Å²) in [5, 5.41) is 1.21. The molecule has 1 aromatic carbocycles. The molecule has 3 heterocycles. The van der Waals surface area contributed by atoms with Crippen molar-refractivity contribution in [3.05, 3.63) is 36.4 Å². The summed E-state index contributed by atoms with van der Waals surface area (Å²) in [4.78, 5) is 9.89. The maximum atomic E-state index is 5.49. The van der Waals surface area contributed by atoms with Crippen LogP contribution in [0.25, 0.3) is 10.9 Å². The molecule has 0 aliphatic carbocycles. The summed E-state index contributed by atoms with van der Waals surface area (Å²) >= 11 is 0. The van der Waals surface area contributed by atoms with Crippen LogP contribution in [-0.4, -0.2) is 55.3 Å². The Kier molecular flexibility index (Phi) is 3.72. The fourth-order valence-corrected chi connectivity index (χ4v) is 3.75. The Labute approximate surface area is 131 Å². The van der Waals surface area contributed by atoms with E-state index in [-0.39, 0.29) is 0 Å². The number of rotatable bonds is 2. The van der Waals surface area contributed by atoms with Gasteiger partial charge in [-0.25, -0.2) is 4.98 Å². The van der Waals surface area contributed by atoms with Gasteiger partial charge in [0.15, 0.2) is 0 Å². The second-order valence-electron chi connectivity index (χ2n) is 6.46. The fraction of sp³-hybridized carbons (Fsp3) is 0.500. The number of hydrogen-bond donors (Lipinski definition) is 0. The number of benzene rings is 1. The zero-order valence-corrected chi connectivity index (χ0v) is 13.1. The molecular formula is C18H23N3O. The van der Waals surface area contributed by atoms with Crippen LogP contribution in [-0.2, 0) is 4.74 Å². The number of hydrogen-bond acceptors (Lipinski definition) is 4. The van der Waals surface area contributed by atoms with Gasteiger partial charge in [-0.3, -0.25) is 4.90 Å². The van der Waals surface area contributed by atoms with Crippen molar-refractivity contribution in [1.29, 1.82) is 0 Å². The molecule has 0 amide bonds. The molecule has 2 fully saturated rings. The zero-order chi connectivity index (χ0) is 14.9. The molecule has 2 saturated heterocycles. The molecule has 22 heavy (non-hydrogen) atoms. The van der Waals surface area contributed by atoms with E-state index in [1.54, 1.807) is 0 Å². The van der Waals surface area contributed by atoms with Gasteiger partial charge in [0.2, 0.25) is 0 Å². The predicted octanol–water partition coefficient (Wildman–Crippen LogP) is 2.39. The van der Waals surface area contributed by atoms with E-state index in [4.69, 9.17) is 9.72 Å². The topological polar surface area (TPSA) is 28.6 Å². The summed E-state index contributed by atoms with van der Waals surface area (Å²) in [6, 6.07) is 13.3. The predicted molar refractivity (Wildman–Crippen MR) is 89.3 cm³/mol. The van der Waals surface area contributed by atoms with Crippen LogP contribution in [0.15, 0.2) is 36.4 Å². The molecular weight excluding hydrogens is 274 g/mol. The Balaban J connectivity index is 1.54. The van der Waals surface area contributed by atoms with Gasteiger partial charge >= 0.3 is 0 Å². The van der Waals surface area contributed by atoms with Gasteiger partial charge in [-0.15, -0.1) is 0 Å². The summed E-state index contributed by atoms with van der Waals surface area (Å²) in [7, 11) is 0. The van der Waals surface area contributed by atoms with Crippen molar-refractivity contribution in [2.75, 3.05) is 44.3 Å². The van der Waals surface area contributed by atoms with Gasteiger partial charge in [0.05, 0.1) is 18.7 Å². The number of aromatic nitrogens is 1. The molecule has 116 valence electrons. The van der Waals surface area contributed by atoms with Crippen molar-refractivity contribution >= 4 is 16.7 Å². The lowest BCUT2D eigenvalue weighted by Gasteiger charge is -2.34.